The maximum absolute atomic E-state index is 9.51. The predicted octanol–water partition coefficient (Wildman–Crippen LogP) is 5.16. The fourth-order valence-corrected chi connectivity index (χ4v) is 4.34. The van der Waals surface area contributed by atoms with Gasteiger partial charge in [0.15, 0.2) is 0 Å². The zero-order valence-corrected chi connectivity index (χ0v) is 15.1. The van der Waals surface area contributed by atoms with E-state index in [-0.39, 0.29) is 5.41 Å². The summed E-state index contributed by atoms with van der Waals surface area (Å²) in [6.45, 7) is 0. The van der Waals surface area contributed by atoms with Gasteiger partial charge < -0.3 is 10.2 Å². The van der Waals surface area contributed by atoms with Gasteiger partial charge in [-0.3, -0.25) is 0 Å². The fourth-order valence-electron chi connectivity index (χ4n) is 4.34. The summed E-state index contributed by atoms with van der Waals surface area (Å²) >= 11 is 0. The molecule has 2 aliphatic carbocycles. The second-order valence-corrected chi connectivity index (χ2v) is 7.58. The number of hydrogen-bond donors (Lipinski definition) is 2. The third kappa shape index (κ3) is 2.62. The highest BCUT2D eigenvalue weighted by molar-refractivity contribution is 6.05. The number of aromatic amines is 1. The molecule has 1 fully saturated rings. The van der Waals surface area contributed by atoms with Gasteiger partial charge in [-0.15, -0.1) is 0 Å². The summed E-state index contributed by atoms with van der Waals surface area (Å²) in [5.41, 5.74) is 6.59. The lowest BCUT2D eigenvalue weighted by Gasteiger charge is -2.35. The van der Waals surface area contributed by atoms with Crippen molar-refractivity contribution in [1.82, 2.24) is 4.98 Å². The van der Waals surface area contributed by atoms with Crippen molar-refractivity contribution in [2.75, 3.05) is 0 Å². The number of nitrogens with one attached hydrogen (secondary N) is 1. The van der Waals surface area contributed by atoms with Crippen LogP contribution in [0.4, 0.5) is 0 Å². The Kier molecular flexibility index (Phi) is 3.75. The van der Waals surface area contributed by atoms with Crippen molar-refractivity contribution in [2.24, 2.45) is 11.1 Å². The molecule has 1 heterocycles. The minimum Gasteiger partial charge on any atom is -0.411 e. The maximum Gasteiger partial charge on any atom is 0.107 e. The van der Waals surface area contributed by atoms with Gasteiger partial charge in [0, 0.05) is 23.1 Å². The number of aromatic nitrogens is 1. The lowest BCUT2D eigenvalue weighted by atomic mass is 9.68. The number of hydrogen-bond acceptors (Lipinski definition) is 2. The Labute approximate surface area is 159 Å². The Morgan fingerprint density at radius 2 is 1.59 bits per heavy atom. The summed E-state index contributed by atoms with van der Waals surface area (Å²) in [6, 6.07) is 21.4. The van der Waals surface area contributed by atoms with Crippen LogP contribution in [-0.4, -0.2) is 15.9 Å². The summed E-state index contributed by atoms with van der Waals surface area (Å²) < 4.78 is 0. The van der Waals surface area contributed by atoms with Crippen molar-refractivity contribution in [1.29, 1.82) is 0 Å². The third-order valence-corrected chi connectivity index (χ3v) is 5.92. The van der Waals surface area contributed by atoms with E-state index in [0.717, 1.165) is 36.2 Å². The molecule has 5 rings (SSSR count). The lowest BCUT2D eigenvalue weighted by molar-refractivity contribution is 0.317. The van der Waals surface area contributed by atoms with Crippen LogP contribution in [0.5, 0.6) is 0 Å². The predicted molar refractivity (Wildman–Crippen MR) is 108 cm³/mol. The highest BCUT2D eigenvalue weighted by Crippen LogP contribution is 2.43. The van der Waals surface area contributed by atoms with E-state index in [1.165, 1.54) is 16.7 Å². The third-order valence-electron chi connectivity index (χ3n) is 5.92. The smallest absolute Gasteiger partial charge is 0.107 e. The van der Waals surface area contributed by atoms with Gasteiger partial charge >= 0.3 is 0 Å². The van der Waals surface area contributed by atoms with E-state index in [1.54, 1.807) is 0 Å². The molecule has 0 saturated heterocycles. The zero-order valence-electron chi connectivity index (χ0n) is 15.1. The molecule has 0 atom stereocenters. The molecule has 1 saturated carbocycles. The van der Waals surface area contributed by atoms with E-state index in [9.17, 15) is 5.21 Å². The van der Waals surface area contributed by atoms with Crippen LogP contribution in [0.3, 0.4) is 0 Å². The van der Waals surface area contributed by atoms with E-state index in [2.05, 4.69) is 89.2 Å². The van der Waals surface area contributed by atoms with Crippen LogP contribution >= 0.6 is 0 Å². The monoisotopic (exact) mass is 354 g/mol. The molecule has 3 aromatic rings. The number of rotatable bonds is 4. The first-order valence-corrected chi connectivity index (χ1v) is 9.55. The molecule has 3 nitrogen and oxygen atoms in total. The van der Waals surface area contributed by atoms with Gasteiger partial charge in [0.25, 0.3) is 0 Å². The number of oxime groups is 1. The first kappa shape index (κ1) is 16.1. The van der Waals surface area contributed by atoms with Crippen molar-refractivity contribution in [3.63, 3.8) is 0 Å². The van der Waals surface area contributed by atoms with Gasteiger partial charge in [-0.25, -0.2) is 0 Å². The highest BCUT2D eigenvalue weighted by atomic mass is 16.4. The van der Waals surface area contributed by atoms with Crippen LogP contribution < -0.4 is 0 Å². The molecule has 0 radical (unpaired) electrons. The number of nitrogens with zero attached hydrogens (tertiary/aromatic N) is 1. The minimum absolute atomic E-state index is 0.189. The molecular formula is C24H22N2O. The first-order valence-electron chi connectivity index (χ1n) is 9.55. The standard InChI is InChI=1S/C24H22N2O/c27-26-22(17-11-12-17)23-21-13-14-24(15-18(21)16-25-23,19-7-3-1-4-8-19)20-9-5-2-6-10-20/h1-10,13-14,16-17,25,27H,11-12,15H2/b26-22+. The number of fused-ring (bicyclic) bond motifs is 1. The van der Waals surface area contributed by atoms with Crippen LogP contribution in [0.2, 0.25) is 0 Å². The van der Waals surface area contributed by atoms with Gasteiger partial charge in [-0.05, 0) is 36.0 Å². The fraction of sp³-hybridized carbons (Fsp3) is 0.208. The summed E-state index contributed by atoms with van der Waals surface area (Å²) in [6.07, 6.45) is 9.70. The molecule has 134 valence electrons. The molecule has 2 aromatic carbocycles. The quantitative estimate of drug-likeness (QED) is 0.379. The van der Waals surface area contributed by atoms with Gasteiger partial charge in [0.05, 0.1) is 5.69 Å². The number of benzene rings is 2. The molecule has 2 N–H and O–H groups in total. The van der Waals surface area contributed by atoms with Gasteiger partial charge in [0.2, 0.25) is 0 Å². The number of H-pyrrole nitrogens is 1. The minimum atomic E-state index is -0.189. The molecule has 0 aliphatic heterocycles. The van der Waals surface area contributed by atoms with Crippen LogP contribution in [0.25, 0.3) is 6.08 Å². The first-order chi connectivity index (χ1) is 13.3. The van der Waals surface area contributed by atoms with Crippen LogP contribution in [-0.2, 0) is 11.8 Å². The normalized spacial score (nSPS) is 18.3. The average Bonchev–Trinajstić information content (AvgIpc) is 3.49. The van der Waals surface area contributed by atoms with Gasteiger partial charge in [-0.1, -0.05) is 78.0 Å². The molecule has 0 unspecified atom stereocenters. The molecular weight excluding hydrogens is 332 g/mol. The topological polar surface area (TPSA) is 48.4 Å². The second-order valence-electron chi connectivity index (χ2n) is 7.58. The van der Waals surface area contributed by atoms with Crippen LogP contribution in [0.1, 0.15) is 40.8 Å². The second kappa shape index (κ2) is 6.27. The largest absolute Gasteiger partial charge is 0.411 e. The summed E-state index contributed by atoms with van der Waals surface area (Å²) in [7, 11) is 0. The van der Waals surface area contributed by atoms with Crippen molar-refractivity contribution < 1.29 is 5.21 Å². The Hall–Kier alpha value is -3.07. The van der Waals surface area contributed by atoms with E-state index < -0.39 is 0 Å². The van der Waals surface area contributed by atoms with Crippen molar-refractivity contribution in [3.8, 4) is 0 Å². The molecule has 3 heteroatoms. The molecule has 2 aliphatic rings. The average molecular weight is 354 g/mol. The Bertz CT molecular complexity index is 972. The van der Waals surface area contributed by atoms with E-state index in [4.69, 9.17) is 0 Å². The highest BCUT2D eigenvalue weighted by Gasteiger charge is 2.37. The van der Waals surface area contributed by atoms with E-state index >= 15 is 0 Å². The molecule has 27 heavy (non-hydrogen) atoms. The van der Waals surface area contributed by atoms with Crippen LogP contribution in [0, 0.1) is 5.92 Å². The maximum atomic E-state index is 9.51. The van der Waals surface area contributed by atoms with Crippen molar-refractivity contribution >= 4 is 11.8 Å². The summed E-state index contributed by atoms with van der Waals surface area (Å²) in [5, 5.41) is 13.1. The summed E-state index contributed by atoms with van der Waals surface area (Å²) in [4.78, 5) is 3.39. The van der Waals surface area contributed by atoms with E-state index in [1.807, 2.05) is 0 Å². The number of allylic oxidation sites excluding steroid dienone is 1. The van der Waals surface area contributed by atoms with Gasteiger partial charge in [0.1, 0.15) is 5.71 Å². The van der Waals surface area contributed by atoms with Crippen LogP contribution in [0.15, 0.2) is 78.1 Å². The van der Waals surface area contributed by atoms with E-state index in [0.29, 0.717) is 5.92 Å². The van der Waals surface area contributed by atoms with Crippen molar-refractivity contribution in [2.45, 2.75) is 24.7 Å². The summed E-state index contributed by atoms with van der Waals surface area (Å²) in [5.74, 6) is 0.390. The van der Waals surface area contributed by atoms with Gasteiger partial charge in [-0.2, -0.15) is 0 Å². The molecule has 0 bridgehead atoms. The Morgan fingerprint density at radius 1 is 0.963 bits per heavy atom. The molecule has 1 aromatic heterocycles. The SMILES string of the molecule is O/N=C(/c1[nH]cc2c1C=CC(c1ccccc1)(c1ccccc1)C2)C1CC1. The molecule has 0 amide bonds. The Morgan fingerprint density at radius 3 is 2.15 bits per heavy atom. The Balaban J connectivity index is 1.63. The zero-order chi connectivity index (χ0) is 18.3. The lowest BCUT2D eigenvalue weighted by Crippen LogP contribution is -2.30. The molecule has 0 spiro atoms. The van der Waals surface area contributed by atoms with Crippen molar-refractivity contribution in [3.05, 3.63) is 101 Å².